The molecule has 0 saturated carbocycles. The van der Waals surface area contributed by atoms with Crippen molar-refractivity contribution in [3.8, 4) is 0 Å². The van der Waals surface area contributed by atoms with Crippen LogP contribution in [0.4, 0.5) is 0 Å². The molecule has 0 aliphatic carbocycles. The predicted octanol–water partition coefficient (Wildman–Crippen LogP) is 9.43. The Bertz CT molecular complexity index is 337. The molecule has 188 valence electrons. The van der Waals surface area contributed by atoms with Crippen LogP contribution in [0.2, 0.25) is 0 Å². The summed E-state index contributed by atoms with van der Waals surface area (Å²) in [6.45, 7) is 15.7. The summed E-state index contributed by atoms with van der Waals surface area (Å²) < 4.78 is 20.1. The van der Waals surface area contributed by atoms with Crippen molar-refractivity contribution in [2.75, 3.05) is 19.8 Å². The summed E-state index contributed by atoms with van der Waals surface area (Å²) >= 11 is 0. The zero-order valence-corrected chi connectivity index (χ0v) is 22.4. The van der Waals surface area contributed by atoms with Crippen molar-refractivity contribution < 1.29 is 14.2 Å². The lowest BCUT2D eigenvalue weighted by Gasteiger charge is -2.49. The van der Waals surface area contributed by atoms with Crippen LogP contribution in [0.3, 0.4) is 0 Å². The van der Waals surface area contributed by atoms with Crippen LogP contribution in [-0.2, 0) is 14.2 Å². The largest absolute Gasteiger partial charge is 0.327 e. The smallest absolute Gasteiger partial charge is 0.288 e. The molecule has 0 aliphatic rings. The maximum Gasteiger partial charge on any atom is 0.288 e. The van der Waals surface area contributed by atoms with E-state index in [2.05, 4.69) is 41.5 Å². The predicted molar refractivity (Wildman–Crippen MR) is 136 cm³/mol. The Morgan fingerprint density at radius 3 is 1.16 bits per heavy atom. The third-order valence-corrected chi connectivity index (χ3v) is 6.49. The highest BCUT2D eigenvalue weighted by Crippen LogP contribution is 2.49. The quantitative estimate of drug-likeness (QED) is 0.110. The number of unbranched alkanes of at least 4 members (excludes halogenated alkanes) is 8. The van der Waals surface area contributed by atoms with Crippen LogP contribution in [0.5, 0.6) is 0 Å². The molecule has 0 radical (unpaired) electrons. The molecule has 3 nitrogen and oxygen atoms in total. The van der Waals surface area contributed by atoms with Crippen LogP contribution in [0.25, 0.3) is 0 Å². The van der Waals surface area contributed by atoms with E-state index in [1.54, 1.807) is 0 Å². The van der Waals surface area contributed by atoms with Gasteiger partial charge in [-0.1, -0.05) is 112 Å². The molecule has 0 fully saturated rings. The Labute approximate surface area is 196 Å². The summed E-state index contributed by atoms with van der Waals surface area (Å²) in [5, 5.41) is 0. The van der Waals surface area contributed by atoms with Crippen molar-refractivity contribution in [3.63, 3.8) is 0 Å². The fourth-order valence-corrected chi connectivity index (χ4v) is 4.67. The summed E-state index contributed by atoms with van der Waals surface area (Å²) in [4.78, 5) is 0. The van der Waals surface area contributed by atoms with Crippen molar-refractivity contribution >= 4 is 0 Å². The summed E-state index contributed by atoms with van der Waals surface area (Å²) in [5.41, 5.74) is -0.0590. The molecular formula is C28H58O3. The highest BCUT2D eigenvalue weighted by molar-refractivity contribution is 4.89. The van der Waals surface area contributed by atoms with E-state index in [1.165, 1.54) is 38.5 Å². The monoisotopic (exact) mass is 442 g/mol. The summed E-state index contributed by atoms with van der Waals surface area (Å²) in [5.74, 6) is -0.887. The normalized spacial score (nSPS) is 12.6. The highest BCUT2D eigenvalue weighted by atomic mass is 16.9. The fraction of sp³-hybridized carbons (Fsp3) is 1.00. The number of hydrogen-bond acceptors (Lipinski definition) is 3. The van der Waals surface area contributed by atoms with Crippen molar-refractivity contribution in [2.24, 2.45) is 5.41 Å². The Morgan fingerprint density at radius 2 is 0.774 bits per heavy atom. The molecule has 0 bridgehead atoms. The van der Waals surface area contributed by atoms with Crippen LogP contribution in [-0.4, -0.2) is 25.8 Å². The average molecular weight is 443 g/mol. The number of hydrogen-bond donors (Lipinski definition) is 0. The molecule has 0 saturated heterocycles. The van der Waals surface area contributed by atoms with Crippen LogP contribution >= 0.6 is 0 Å². The second-order valence-electron chi connectivity index (χ2n) is 9.46. The lowest BCUT2D eigenvalue weighted by molar-refractivity contribution is -0.435. The second-order valence-corrected chi connectivity index (χ2v) is 9.46. The molecule has 0 aromatic heterocycles. The van der Waals surface area contributed by atoms with Gasteiger partial charge in [0.25, 0.3) is 5.97 Å². The third kappa shape index (κ3) is 12.1. The Morgan fingerprint density at radius 1 is 0.387 bits per heavy atom. The molecular weight excluding hydrogens is 384 g/mol. The van der Waals surface area contributed by atoms with E-state index >= 15 is 0 Å². The van der Waals surface area contributed by atoms with Crippen LogP contribution < -0.4 is 0 Å². The van der Waals surface area contributed by atoms with E-state index in [9.17, 15) is 0 Å². The first-order valence-electron chi connectivity index (χ1n) is 14.0. The minimum Gasteiger partial charge on any atom is -0.327 e. The molecule has 0 aliphatic heterocycles. The molecule has 0 atom stereocenters. The van der Waals surface area contributed by atoms with Crippen LogP contribution in [0.1, 0.15) is 151 Å². The Hall–Kier alpha value is -0.120. The van der Waals surface area contributed by atoms with E-state index in [0.717, 1.165) is 90.4 Å². The lowest BCUT2D eigenvalue weighted by atomic mass is 9.72. The summed E-state index contributed by atoms with van der Waals surface area (Å²) in [6.07, 6.45) is 20.1. The molecule has 31 heavy (non-hydrogen) atoms. The Balaban J connectivity index is 5.76. The van der Waals surface area contributed by atoms with Gasteiger partial charge in [-0.15, -0.1) is 0 Å². The summed E-state index contributed by atoms with van der Waals surface area (Å²) in [6, 6.07) is 0. The number of ether oxygens (including phenoxy) is 3. The molecule has 0 N–H and O–H groups in total. The SMILES string of the molecule is CCCCCCCCC(CCC)(CCC)C(OCCCC)(OCCCC)OCCCC. The fourth-order valence-electron chi connectivity index (χ4n) is 4.67. The minimum atomic E-state index is -0.887. The van der Waals surface area contributed by atoms with E-state index in [1.807, 2.05) is 0 Å². The topological polar surface area (TPSA) is 27.7 Å². The molecule has 0 heterocycles. The van der Waals surface area contributed by atoms with Gasteiger partial charge >= 0.3 is 0 Å². The van der Waals surface area contributed by atoms with Gasteiger partial charge in [-0.3, -0.25) is 0 Å². The van der Waals surface area contributed by atoms with Crippen LogP contribution in [0, 0.1) is 5.41 Å². The molecule has 0 unspecified atom stereocenters. The molecule has 0 amide bonds. The molecule has 0 aromatic carbocycles. The van der Waals surface area contributed by atoms with Crippen molar-refractivity contribution in [2.45, 2.75) is 157 Å². The van der Waals surface area contributed by atoms with Crippen molar-refractivity contribution in [3.05, 3.63) is 0 Å². The van der Waals surface area contributed by atoms with Gasteiger partial charge in [0, 0.05) is 0 Å². The standard InChI is InChI=1S/C28H58O3/c1-7-13-17-18-19-20-23-27(21-11-5,22-12-6)28(29-24-14-8-2,30-25-15-9-3)31-26-16-10-4/h7-26H2,1-6H3. The van der Waals surface area contributed by atoms with Gasteiger partial charge in [-0.2, -0.15) is 0 Å². The van der Waals surface area contributed by atoms with E-state index in [-0.39, 0.29) is 5.41 Å². The van der Waals surface area contributed by atoms with Gasteiger partial charge in [0.2, 0.25) is 0 Å². The molecule has 0 spiro atoms. The van der Waals surface area contributed by atoms with E-state index < -0.39 is 5.97 Å². The first-order valence-corrected chi connectivity index (χ1v) is 14.0. The second kappa shape index (κ2) is 20.5. The lowest BCUT2D eigenvalue weighted by Crippen LogP contribution is -2.55. The molecule has 3 heteroatoms. The van der Waals surface area contributed by atoms with Gasteiger partial charge in [0.1, 0.15) is 0 Å². The molecule has 0 aromatic rings. The first-order chi connectivity index (χ1) is 15.1. The van der Waals surface area contributed by atoms with E-state index in [4.69, 9.17) is 14.2 Å². The van der Waals surface area contributed by atoms with Gasteiger partial charge in [-0.25, -0.2) is 0 Å². The molecule has 0 rings (SSSR count). The highest BCUT2D eigenvalue weighted by Gasteiger charge is 2.53. The van der Waals surface area contributed by atoms with Gasteiger partial charge in [-0.05, 0) is 38.5 Å². The maximum atomic E-state index is 6.69. The van der Waals surface area contributed by atoms with Gasteiger partial charge < -0.3 is 14.2 Å². The zero-order chi connectivity index (χ0) is 23.3. The Kier molecular flexibility index (Phi) is 20.4. The van der Waals surface area contributed by atoms with E-state index in [0.29, 0.717) is 0 Å². The third-order valence-electron chi connectivity index (χ3n) is 6.49. The minimum absolute atomic E-state index is 0.0590. The van der Waals surface area contributed by atoms with Gasteiger partial charge in [0.05, 0.1) is 25.2 Å². The average Bonchev–Trinajstić information content (AvgIpc) is 2.76. The number of rotatable bonds is 24. The van der Waals surface area contributed by atoms with Gasteiger partial charge in [0.15, 0.2) is 0 Å². The first kappa shape index (κ1) is 30.9. The van der Waals surface area contributed by atoms with Crippen LogP contribution in [0.15, 0.2) is 0 Å². The van der Waals surface area contributed by atoms with Crippen molar-refractivity contribution in [1.82, 2.24) is 0 Å². The van der Waals surface area contributed by atoms with Crippen molar-refractivity contribution in [1.29, 1.82) is 0 Å². The summed E-state index contributed by atoms with van der Waals surface area (Å²) in [7, 11) is 0. The zero-order valence-electron chi connectivity index (χ0n) is 22.4. The maximum absolute atomic E-state index is 6.69.